The lowest BCUT2D eigenvalue weighted by atomic mass is 10.1. The summed E-state index contributed by atoms with van der Waals surface area (Å²) in [6.07, 6.45) is 0.278. The molecule has 0 saturated carbocycles. The Kier molecular flexibility index (Phi) is 8.69. The fourth-order valence-electron chi connectivity index (χ4n) is 0.687. The lowest BCUT2D eigenvalue weighted by molar-refractivity contribution is -0.138. The van der Waals surface area contributed by atoms with Gasteiger partial charge in [0.25, 0.3) is 0 Å². The minimum atomic E-state index is -0.980. The van der Waals surface area contributed by atoms with E-state index in [1.54, 1.807) is 0 Å². The van der Waals surface area contributed by atoms with Crippen LogP contribution in [0.15, 0.2) is 0 Å². The Bertz CT molecular complexity index is 180. The quantitative estimate of drug-likeness (QED) is 0.712. The van der Waals surface area contributed by atoms with Gasteiger partial charge in [0.2, 0.25) is 0 Å². The number of carbonyl (C=O) groups excluding carboxylic acids is 2. The monoisotopic (exact) mass is 208 g/mol. The van der Waals surface area contributed by atoms with Gasteiger partial charge in [-0.25, -0.2) is 0 Å². The number of Topliss-reactive ketones (excluding diaryl/α,β-unsaturated/α-hetero) is 2. The van der Waals surface area contributed by atoms with Crippen LogP contribution in [0.2, 0.25) is 0 Å². The van der Waals surface area contributed by atoms with Crippen molar-refractivity contribution in [3.05, 3.63) is 0 Å². The number of carbonyl (C=O) groups is 3. The van der Waals surface area contributed by atoms with Gasteiger partial charge in [0.05, 0.1) is 6.42 Å². The molecule has 0 aromatic rings. The summed E-state index contributed by atoms with van der Waals surface area (Å²) < 4.78 is 0. The number of carboxylic acid groups (broad SMARTS) is 1. The molecule has 0 radical (unpaired) electrons. The summed E-state index contributed by atoms with van der Waals surface area (Å²) in [6, 6.07) is 0. The molecule has 1 N–H and O–H groups in total. The lowest BCUT2D eigenvalue weighted by Gasteiger charge is -1.95. The summed E-state index contributed by atoms with van der Waals surface area (Å²) in [6.45, 7) is 1.41. The third-order valence-corrected chi connectivity index (χ3v) is 1.37. The number of rotatable bonds is 6. The molecule has 0 fully saturated rings. The number of hydrogen-bond acceptors (Lipinski definition) is 3. The Labute approximate surface area is 82.7 Å². The zero-order chi connectivity index (χ0) is 9.56. The molecule has 0 atom stereocenters. The largest absolute Gasteiger partial charge is 0.481 e. The molecule has 0 aromatic carbocycles. The first-order valence-corrected chi connectivity index (χ1v) is 3.75. The first kappa shape index (κ1) is 14.6. The van der Waals surface area contributed by atoms with Crippen molar-refractivity contribution < 1.29 is 19.5 Å². The van der Waals surface area contributed by atoms with Crippen molar-refractivity contribution in [1.82, 2.24) is 0 Å². The second-order valence-corrected chi connectivity index (χ2v) is 2.63. The summed E-state index contributed by atoms with van der Waals surface area (Å²) in [5.74, 6) is -1.18. The van der Waals surface area contributed by atoms with Gasteiger partial charge in [-0.1, -0.05) is 0 Å². The molecule has 0 aliphatic rings. The average Bonchev–Trinajstić information content (AvgIpc) is 1.96. The van der Waals surface area contributed by atoms with Crippen LogP contribution >= 0.6 is 12.4 Å². The summed E-state index contributed by atoms with van der Waals surface area (Å²) >= 11 is 0. The van der Waals surface area contributed by atoms with Gasteiger partial charge in [-0.2, -0.15) is 0 Å². The first-order valence-electron chi connectivity index (χ1n) is 3.75. The third kappa shape index (κ3) is 11.1. The first-order chi connectivity index (χ1) is 5.52. The van der Waals surface area contributed by atoms with E-state index in [1.165, 1.54) is 6.92 Å². The van der Waals surface area contributed by atoms with E-state index in [9.17, 15) is 14.4 Å². The Morgan fingerprint density at radius 1 is 1.00 bits per heavy atom. The zero-order valence-electron chi connectivity index (χ0n) is 7.41. The van der Waals surface area contributed by atoms with Gasteiger partial charge in [0, 0.05) is 19.3 Å². The molecular formula is C8H13ClO4. The van der Waals surface area contributed by atoms with Gasteiger partial charge in [0.15, 0.2) is 0 Å². The van der Waals surface area contributed by atoms with Crippen molar-refractivity contribution >= 4 is 29.9 Å². The molecule has 5 heteroatoms. The molecule has 0 aliphatic carbocycles. The highest BCUT2D eigenvalue weighted by molar-refractivity contribution is 5.86. The van der Waals surface area contributed by atoms with Crippen molar-refractivity contribution in [3.63, 3.8) is 0 Å². The number of halogens is 1. The molecule has 0 aliphatic heterocycles. The highest BCUT2D eigenvalue weighted by Gasteiger charge is 2.06. The zero-order valence-corrected chi connectivity index (χ0v) is 8.23. The van der Waals surface area contributed by atoms with Crippen molar-refractivity contribution in [2.75, 3.05) is 0 Å². The minimum absolute atomic E-state index is 0. The number of aliphatic carboxylic acids is 1. The minimum Gasteiger partial charge on any atom is -0.481 e. The molecule has 0 rings (SSSR count). The van der Waals surface area contributed by atoms with Gasteiger partial charge in [-0.05, 0) is 6.92 Å². The van der Waals surface area contributed by atoms with E-state index in [0.29, 0.717) is 0 Å². The summed E-state index contributed by atoms with van der Waals surface area (Å²) in [4.78, 5) is 31.3. The van der Waals surface area contributed by atoms with Crippen molar-refractivity contribution in [2.24, 2.45) is 0 Å². The van der Waals surface area contributed by atoms with E-state index in [4.69, 9.17) is 5.11 Å². The molecule has 4 nitrogen and oxygen atoms in total. The normalized spacial score (nSPS) is 8.69. The van der Waals surface area contributed by atoms with Crippen LogP contribution < -0.4 is 0 Å². The van der Waals surface area contributed by atoms with E-state index in [1.807, 2.05) is 0 Å². The van der Waals surface area contributed by atoms with Crippen LogP contribution in [0.3, 0.4) is 0 Å². The smallest absolute Gasteiger partial charge is 0.303 e. The van der Waals surface area contributed by atoms with Crippen LogP contribution in [-0.4, -0.2) is 22.6 Å². The SMILES string of the molecule is CC(=O)CCC(=O)CCC(=O)O.Cl. The second kappa shape index (κ2) is 7.73. The predicted molar refractivity (Wildman–Crippen MR) is 49.0 cm³/mol. The molecular weight excluding hydrogens is 196 g/mol. The predicted octanol–water partition coefficient (Wildman–Crippen LogP) is 1.21. The second-order valence-electron chi connectivity index (χ2n) is 2.63. The van der Waals surface area contributed by atoms with Gasteiger partial charge < -0.3 is 9.90 Å². The van der Waals surface area contributed by atoms with Gasteiger partial charge in [-0.3, -0.25) is 9.59 Å². The van der Waals surface area contributed by atoms with Gasteiger partial charge >= 0.3 is 5.97 Å². The van der Waals surface area contributed by atoms with E-state index >= 15 is 0 Å². The fraction of sp³-hybridized carbons (Fsp3) is 0.625. The lowest BCUT2D eigenvalue weighted by Crippen LogP contribution is -2.04. The van der Waals surface area contributed by atoms with E-state index in [-0.39, 0.29) is 49.7 Å². The fourth-order valence-corrected chi connectivity index (χ4v) is 0.687. The Balaban J connectivity index is 0. The highest BCUT2D eigenvalue weighted by Crippen LogP contribution is 1.99. The maximum Gasteiger partial charge on any atom is 0.303 e. The number of hydrogen-bond donors (Lipinski definition) is 1. The Morgan fingerprint density at radius 2 is 1.46 bits per heavy atom. The molecule has 13 heavy (non-hydrogen) atoms. The van der Waals surface area contributed by atoms with E-state index in [2.05, 4.69) is 0 Å². The van der Waals surface area contributed by atoms with Gasteiger partial charge in [0.1, 0.15) is 11.6 Å². The third-order valence-electron chi connectivity index (χ3n) is 1.37. The van der Waals surface area contributed by atoms with Crippen LogP contribution in [0.4, 0.5) is 0 Å². The molecule has 0 aromatic heterocycles. The van der Waals surface area contributed by atoms with Crippen molar-refractivity contribution in [1.29, 1.82) is 0 Å². The molecule has 0 unspecified atom stereocenters. The van der Waals surface area contributed by atoms with Crippen LogP contribution in [-0.2, 0) is 14.4 Å². The van der Waals surface area contributed by atoms with E-state index < -0.39 is 5.97 Å². The van der Waals surface area contributed by atoms with Crippen LogP contribution in [0.1, 0.15) is 32.6 Å². The standard InChI is InChI=1S/C8H12O4.ClH/c1-6(9)2-3-7(10)4-5-8(11)12;/h2-5H2,1H3,(H,11,12);1H. The molecule has 0 saturated heterocycles. The number of ketones is 2. The summed E-state index contributed by atoms with van der Waals surface area (Å²) in [5.41, 5.74) is 0. The maximum absolute atomic E-state index is 10.8. The van der Waals surface area contributed by atoms with Gasteiger partial charge in [-0.15, -0.1) is 12.4 Å². The van der Waals surface area contributed by atoms with Crippen molar-refractivity contribution in [3.8, 4) is 0 Å². The molecule has 76 valence electrons. The molecule has 0 amide bonds. The molecule has 0 heterocycles. The summed E-state index contributed by atoms with van der Waals surface area (Å²) in [7, 11) is 0. The molecule has 0 bridgehead atoms. The molecule has 0 spiro atoms. The highest BCUT2D eigenvalue weighted by atomic mass is 35.5. The maximum atomic E-state index is 10.8. The topological polar surface area (TPSA) is 71.4 Å². The Morgan fingerprint density at radius 3 is 1.85 bits per heavy atom. The Hall–Kier alpha value is -0.900. The van der Waals surface area contributed by atoms with E-state index in [0.717, 1.165) is 0 Å². The number of carboxylic acids is 1. The van der Waals surface area contributed by atoms with Crippen molar-refractivity contribution in [2.45, 2.75) is 32.6 Å². The van der Waals surface area contributed by atoms with Crippen LogP contribution in [0.5, 0.6) is 0 Å². The summed E-state index contributed by atoms with van der Waals surface area (Å²) in [5, 5.41) is 8.22. The van der Waals surface area contributed by atoms with Crippen LogP contribution in [0.25, 0.3) is 0 Å². The van der Waals surface area contributed by atoms with Crippen LogP contribution in [0, 0.1) is 0 Å². The average molecular weight is 209 g/mol.